The van der Waals surface area contributed by atoms with E-state index in [-0.39, 0.29) is 11.6 Å². The summed E-state index contributed by atoms with van der Waals surface area (Å²) >= 11 is 0. The van der Waals surface area contributed by atoms with Gasteiger partial charge in [0.05, 0.1) is 17.6 Å². The molecule has 0 radical (unpaired) electrons. The molecule has 5 nitrogen and oxygen atoms in total. The number of hydrogen-bond acceptors (Lipinski definition) is 4. The second kappa shape index (κ2) is 7.45. The molecule has 2 aromatic rings. The summed E-state index contributed by atoms with van der Waals surface area (Å²) in [7, 11) is 1.61. The fourth-order valence-electron chi connectivity index (χ4n) is 2.28. The molecule has 0 saturated heterocycles. The molecule has 2 aromatic carbocycles. The number of benzene rings is 2. The molecular weight excluding hydrogens is 294 g/mol. The van der Waals surface area contributed by atoms with Gasteiger partial charge in [-0.2, -0.15) is 0 Å². The molecule has 0 N–H and O–H groups in total. The van der Waals surface area contributed by atoms with Gasteiger partial charge in [0, 0.05) is 12.0 Å². The summed E-state index contributed by atoms with van der Waals surface area (Å²) in [5.41, 5.74) is 1.54. The molecule has 0 amide bonds. The van der Waals surface area contributed by atoms with Crippen LogP contribution < -0.4 is 9.47 Å². The van der Waals surface area contributed by atoms with E-state index in [0.29, 0.717) is 17.9 Å². The molecule has 0 aliphatic carbocycles. The van der Waals surface area contributed by atoms with Gasteiger partial charge in [0.1, 0.15) is 18.1 Å². The molecule has 0 aromatic heterocycles. The van der Waals surface area contributed by atoms with Gasteiger partial charge >= 0.3 is 0 Å². The molecule has 0 bridgehead atoms. The number of nitro benzene ring substituents is 1. The van der Waals surface area contributed by atoms with Crippen LogP contribution in [-0.4, -0.2) is 12.0 Å². The Morgan fingerprint density at radius 2 is 1.96 bits per heavy atom. The first kappa shape index (κ1) is 16.5. The highest BCUT2D eigenvalue weighted by atomic mass is 16.6. The smallest absolute Gasteiger partial charge is 0.276 e. The normalized spacial score (nSPS) is 11.6. The first-order valence-corrected chi connectivity index (χ1v) is 7.22. The lowest BCUT2D eigenvalue weighted by atomic mass is 9.98. The summed E-state index contributed by atoms with van der Waals surface area (Å²) in [5.74, 6) is 1.09. The lowest BCUT2D eigenvalue weighted by molar-refractivity contribution is -0.385. The molecule has 23 heavy (non-hydrogen) atoms. The van der Waals surface area contributed by atoms with Gasteiger partial charge in [-0.3, -0.25) is 10.1 Å². The van der Waals surface area contributed by atoms with Crippen molar-refractivity contribution in [2.75, 3.05) is 7.11 Å². The highest BCUT2D eigenvalue weighted by molar-refractivity contribution is 5.52. The minimum absolute atomic E-state index is 0.0460. The third-order valence-electron chi connectivity index (χ3n) is 3.60. The van der Waals surface area contributed by atoms with Crippen LogP contribution in [0.1, 0.15) is 24.0 Å². The second-order valence-electron chi connectivity index (χ2n) is 5.11. The number of rotatable bonds is 7. The van der Waals surface area contributed by atoms with E-state index in [0.717, 1.165) is 11.3 Å². The van der Waals surface area contributed by atoms with Crippen molar-refractivity contribution >= 4 is 5.69 Å². The molecule has 120 valence electrons. The minimum Gasteiger partial charge on any atom is -0.497 e. The van der Waals surface area contributed by atoms with Crippen LogP contribution in [0.2, 0.25) is 0 Å². The van der Waals surface area contributed by atoms with Gasteiger partial charge in [0.25, 0.3) is 5.69 Å². The number of allylic oxidation sites excluding steroid dienone is 1. The van der Waals surface area contributed by atoms with Crippen molar-refractivity contribution in [3.8, 4) is 11.5 Å². The van der Waals surface area contributed by atoms with E-state index in [1.54, 1.807) is 25.3 Å². The molecule has 0 spiro atoms. The standard InChI is InChI=1S/C18H19NO4/c1-4-13(2)18-16(19(20)21)6-5-7-17(18)23-12-14-8-10-15(22-3)11-9-14/h4-11,13H,1,12H2,2-3H3/t13-/m1/s1. The van der Waals surface area contributed by atoms with E-state index < -0.39 is 4.92 Å². The Morgan fingerprint density at radius 3 is 2.52 bits per heavy atom. The van der Waals surface area contributed by atoms with Crippen molar-refractivity contribution in [3.63, 3.8) is 0 Å². The zero-order valence-corrected chi connectivity index (χ0v) is 13.2. The van der Waals surface area contributed by atoms with Gasteiger partial charge in [-0.15, -0.1) is 6.58 Å². The summed E-state index contributed by atoms with van der Waals surface area (Å²) in [6.45, 7) is 5.90. The molecule has 0 heterocycles. The Bertz CT molecular complexity index is 695. The lowest BCUT2D eigenvalue weighted by Crippen LogP contribution is -2.04. The monoisotopic (exact) mass is 313 g/mol. The van der Waals surface area contributed by atoms with Crippen LogP contribution in [0.3, 0.4) is 0 Å². The molecule has 5 heteroatoms. The predicted octanol–water partition coefficient (Wildman–Crippen LogP) is 4.47. The van der Waals surface area contributed by atoms with Crippen molar-refractivity contribution in [2.45, 2.75) is 19.4 Å². The van der Waals surface area contributed by atoms with Crippen LogP contribution in [0.4, 0.5) is 5.69 Å². The largest absolute Gasteiger partial charge is 0.497 e. The summed E-state index contributed by atoms with van der Waals surface area (Å²) in [6, 6.07) is 12.3. The highest BCUT2D eigenvalue weighted by Crippen LogP contribution is 2.35. The number of hydrogen-bond donors (Lipinski definition) is 0. The average Bonchev–Trinajstić information content (AvgIpc) is 2.59. The van der Waals surface area contributed by atoms with Gasteiger partial charge in [0.15, 0.2) is 0 Å². The van der Waals surface area contributed by atoms with Gasteiger partial charge in [0.2, 0.25) is 0 Å². The fraction of sp³-hybridized carbons (Fsp3) is 0.222. The Balaban J connectivity index is 2.26. The maximum Gasteiger partial charge on any atom is 0.276 e. The van der Waals surface area contributed by atoms with Crippen molar-refractivity contribution in [1.82, 2.24) is 0 Å². The summed E-state index contributed by atoms with van der Waals surface area (Å²) < 4.78 is 10.9. The van der Waals surface area contributed by atoms with Crippen molar-refractivity contribution in [3.05, 3.63) is 76.4 Å². The molecule has 0 fully saturated rings. The molecule has 0 saturated carbocycles. The first-order valence-electron chi connectivity index (χ1n) is 7.22. The van der Waals surface area contributed by atoms with Gasteiger partial charge in [-0.05, 0) is 23.8 Å². The predicted molar refractivity (Wildman–Crippen MR) is 89.0 cm³/mol. The Morgan fingerprint density at radius 1 is 1.26 bits per heavy atom. The number of nitro groups is 1. The van der Waals surface area contributed by atoms with E-state index in [4.69, 9.17) is 9.47 Å². The van der Waals surface area contributed by atoms with E-state index in [2.05, 4.69) is 6.58 Å². The third-order valence-corrected chi connectivity index (χ3v) is 3.60. The summed E-state index contributed by atoms with van der Waals surface area (Å²) in [6.07, 6.45) is 1.67. The zero-order valence-electron chi connectivity index (χ0n) is 13.2. The molecule has 2 rings (SSSR count). The average molecular weight is 313 g/mol. The minimum atomic E-state index is -0.393. The maximum atomic E-state index is 11.2. The zero-order chi connectivity index (χ0) is 16.8. The Hall–Kier alpha value is -2.82. The fourth-order valence-corrected chi connectivity index (χ4v) is 2.28. The molecule has 0 aliphatic rings. The second-order valence-corrected chi connectivity index (χ2v) is 5.11. The Kier molecular flexibility index (Phi) is 5.36. The van der Waals surface area contributed by atoms with Gasteiger partial charge in [-0.1, -0.05) is 31.2 Å². The van der Waals surface area contributed by atoms with Crippen LogP contribution in [0, 0.1) is 10.1 Å². The van der Waals surface area contributed by atoms with E-state index >= 15 is 0 Å². The van der Waals surface area contributed by atoms with Crippen LogP contribution >= 0.6 is 0 Å². The van der Waals surface area contributed by atoms with Crippen LogP contribution in [0.25, 0.3) is 0 Å². The molecule has 0 unspecified atom stereocenters. The number of ether oxygens (including phenoxy) is 2. The van der Waals surface area contributed by atoms with Gasteiger partial charge < -0.3 is 9.47 Å². The van der Waals surface area contributed by atoms with Crippen LogP contribution in [-0.2, 0) is 6.61 Å². The number of methoxy groups -OCH3 is 1. The Labute approximate surface area is 135 Å². The van der Waals surface area contributed by atoms with E-state index in [1.165, 1.54) is 6.07 Å². The van der Waals surface area contributed by atoms with Crippen molar-refractivity contribution in [1.29, 1.82) is 0 Å². The van der Waals surface area contributed by atoms with Crippen LogP contribution in [0.5, 0.6) is 11.5 Å². The van der Waals surface area contributed by atoms with E-state index in [9.17, 15) is 10.1 Å². The summed E-state index contributed by atoms with van der Waals surface area (Å²) in [4.78, 5) is 10.8. The maximum absolute atomic E-state index is 11.2. The lowest BCUT2D eigenvalue weighted by Gasteiger charge is -2.15. The van der Waals surface area contributed by atoms with Crippen molar-refractivity contribution in [2.24, 2.45) is 0 Å². The summed E-state index contributed by atoms with van der Waals surface area (Å²) in [5, 5.41) is 11.2. The van der Waals surface area contributed by atoms with Crippen molar-refractivity contribution < 1.29 is 14.4 Å². The third kappa shape index (κ3) is 3.88. The van der Waals surface area contributed by atoms with E-state index in [1.807, 2.05) is 31.2 Å². The first-order chi connectivity index (χ1) is 11.1. The topological polar surface area (TPSA) is 61.6 Å². The quantitative estimate of drug-likeness (QED) is 0.430. The molecule has 0 aliphatic heterocycles. The van der Waals surface area contributed by atoms with Gasteiger partial charge in [-0.25, -0.2) is 0 Å². The highest BCUT2D eigenvalue weighted by Gasteiger charge is 2.22. The number of nitrogens with zero attached hydrogens (tertiary/aromatic N) is 1. The molecule has 1 atom stereocenters. The molecular formula is C18H19NO4. The van der Waals surface area contributed by atoms with Crippen LogP contribution in [0.15, 0.2) is 55.1 Å². The SMILES string of the molecule is C=C[C@@H](C)c1c(OCc2ccc(OC)cc2)cccc1[N+](=O)[O-].